The summed E-state index contributed by atoms with van der Waals surface area (Å²) < 4.78 is 26.1. The third kappa shape index (κ3) is 2.77. The molecule has 2 unspecified atom stereocenters. The van der Waals surface area contributed by atoms with Crippen molar-refractivity contribution < 1.29 is 13.6 Å². The Labute approximate surface area is 128 Å². The van der Waals surface area contributed by atoms with Crippen LogP contribution >= 0.6 is 12.4 Å². The summed E-state index contributed by atoms with van der Waals surface area (Å²) in [4.78, 5) is 12.1. The summed E-state index contributed by atoms with van der Waals surface area (Å²) in [6, 6.07) is 8.11. The Hall–Kier alpha value is -1.20. The van der Waals surface area contributed by atoms with Crippen LogP contribution in [0.1, 0.15) is 24.0 Å². The van der Waals surface area contributed by atoms with E-state index >= 15 is 0 Å². The van der Waals surface area contributed by atoms with Crippen LogP contribution in [0, 0.1) is 5.92 Å². The van der Waals surface area contributed by atoms with E-state index in [1.807, 2.05) is 12.1 Å². The second-order valence-electron chi connectivity index (χ2n) is 5.85. The number of nitrogens with two attached hydrogens (primary N) is 1. The number of rotatable bonds is 4. The number of aryl methyl sites for hydroxylation is 1. The Morgan fingerprint density at radius 3 is 2.86 bits per heavy atom. The lowest BCUT2D eigenvalue weighted by Crippen LogP contribution is -2.42. The zero-order valence-corrected chi connectivity index (χ0v) is 12.4. The molecule has 21 heavy (non-hydrogen) atoms. The average Bonchev–Trinajstić information content (AvgIpc) is 3.07. The molecule has 1 saturated carbocycles. The van der Waals surface area contributed by atoms with Gasteiger partial charge in [0.1, 0.15) is 0 Å². The molecule has 1 aromatic carbocycles. The van der Waals surface area contributed by atoms with E-state index < -0.39 is 19.0 Å². The van der Waals surface area contributed by atoms with Crippen molar-refractivity contribution in [3.8, 4) is 0 Å². The number of alkyl halides is 2. The van der Waals surface area contributed by atoms with Gasteiger partial charge < -0.3 is 11.1 Å². The molecule has 0 saturated heterocycles. The minimum absolute atomic E-state index is 0. The zero-order chi connectivity index (χ0) is 14.4. The van der Waals surface area contributed by atoms with E-state index in [2.05, 4.69) is 17.4 Å². The number of carbonyl (C=O) groups is 1. The Morgan fingerprint density at radius 1 is 1.43 bits per heavy atom. The van der Waals surface area contributed by atoms with Gasteiger partial charge in [-0.25, -0.2) is 8.78 Å². The van der Waals surface area contributed by atoms with Crippen LogP contribution in [0.5, 0.6) is 0 Å². The van der Waals surface area contributed by atoms with Crippen molar-refractivity contribution in [1.29, 1.82) is 0 Å². The quantitative estimate of drug-likeness (QED) is 0.893. The monoisotopic (exact) mass is 316 g/mol. The summed E-state index contributed by atoms with van der Waals surface area (Å²) in [7, 11) is 0. The van der Waals surface area contributed by atoms with Gasteiger partial charge in [0.2, 0.25) is 5.91 Å². The predicted molar refractivity (Wildman–Crippen MR) is 78.8 cm³/mol. The fraction of sp³-hybridized carbons (Fsp3) is 0.533. The summed E-state index contributed by atoms with van der Waals surface area (Å²) in [6.45, 7) is -1.41. The Morgan fingerprint density at radius 2 is 2.14 bits per heavy atom. The first-order valence-electron chi connectivity index (χ1n) is 6.92. The minimum atomic E-state index is -3.02. The fourth-order valence-electron chi connectivity index (χ4n) is 3.35. The second-order valence-corrected chi connectivity index (χ2v) is 5.85. The molecule has 116 valence electrons. The van der Waals surface area contributed by atoms with Crippen LogP contribution in [-0.4, -0.2) is 24.9 Å². The lowest BCUT2D eigenvalue weighted by molar-refractivity contribution is -0.124. The van der Waals surface area contributed by atoms with Gasteiger partial charge in [0.05, 0.1) is 13.1 Å². The van der Waals surface area contributed by atoms with Crippen molar-refractivity contribution >= 4 is 18.3 Å². The number of halogens is 3. The number of fused-ring (bicyclic) bond motifs is 2. The largest absolute Gasteiger partial charge is 0.350 e. The molecule has 3 nitrogen and oxygen atoms in total. The third-order valence-electron chi connectivity index (χ3n) is 4.61. The van der Waals surface area contributed by atoms with E-state index in [1.54, 1.807) is 0 Å². The third-order valence-corrected chi connectivity index (χ3v) is 4.61. The lowest BCUT2D eigenvalue weighted by atomic mass is 9.95. The number of hydrogen-bond donors (Lipinski definition) is 2. The van der Waals surface area contributed by atoms with Crippen molar-refractivity contribution in [3.63, 3.8) is 0 Å². The van der Waals surface area contributed by atoms with Gasteiger partial charge in [-0.15, -0.1) is 12.4 Å². The number of benzene rings is 1. The normalized spacial score (nSPS) is 26.1. The smallest absolute Gasteiger partial charge is 0.277 e. The highest BCUT2D eigenvalue weighted by atomic mass is 35.5. The summed E-state index contributed by atoms with van der Waals surface area (Å²) >= 11 is 0. The van der Waals surface area contributed by atoms with E-state index in [9.17, 15) is 13.6 Å². The topological polar surface area (TPSA) is 55.1 Å². The Bertz CT molecular complexity index is 552. The van der Waals surface area contributed by atoms with Crippen molar-refractivity contribution in [3.05, 3.63) is 35.4 Å². The van der Waals surface area contributed by atoms with Crippen molar-refractivity contribution in [2.45, 2.75) is 30.6 Å². The summed E-state index contributed by atoms with van der Waals surface area (Å²) in [6.07, 6.45) is 2.68. The van der Waals surface area contributed by atoms with E-state index in [4.69, 9.17) is 5.73 Å². The Kier molecular flexibility index (Phi) is 4.26. The van der Waals surface area contributed by atoms with Gasteiger partial charge in [0.15, 0.2) is 0 Å². The summed E-state index contributed by atoms with van der Waals surface area (Å²) in [5.41, 5.74) is 7.38. The number of nitrogens with one attached hydrogen (secondary N) is 1. The molecule has 1 amide bonds. The van der Waals surface area contributed by atoms with Gasteiger partial charge in [0, 0.05) is 11.3 Å². The second kappa shape index (κ2) is 5.54. The number of amides is 1. The van der Waals surface area contributed by atoms with E-state index in [0.717, 1.165) is 19.3 Å². The number of hydrogen-bond acceptors (Lipinski definition) is 2. The lowest BCUT2D eigenvalue weighted by Gasteiger charge is -2.16. The molecule has 3 N–H and O–H groups in total. The maximum absolute atomic E-state index is 13.1. The van der Waals surface area contributed by atoms with Crippen molar-refractivity contribution in [2.24, 2.45) is 11.7 Å². The fourth-order valence-corrected chi connectivity index (χ4v) is 3.35. The average molecular weight is 317 g/mol. The maximum atomic E-state index is 13.1. The molecule has 1 fully saturated rings. The van der Waals surface area contributed by atoms with Crippen molar-refractivity contribution in [2.75, 3.05) is 13.1 Å². The first-order valence-corrected chi connectivity index (χ1v) is 6.92. The van der Waals surface area contributed by atoms with Gasteiger partial charge in [-0.2, -0.15) is 0 Å². The zero-order valence-electron chi connectivity index (χ0n) is 11.6. The molecule has 2 aliphatic rings. The first kappa shape index (κ1) is 16.2. The molecule has 2 aliphatic carbocycles. The van der Waals surface area contributed by atoms with Gasteiger partial charge >= 0.3 is 0 Å². The highest BCUT2D eigenvalue weighted by Crippen LogP contribution is 2.61. The van der Waals surface area contributed by atoms with Crippen LogP contribution in [0.4, 0.5) is 8.78 Å². The minimum Gasteiger partial charge on any atom is -0.350 e. The van der Waals surface area contributed by atoms with Crippen LogP contribution in [0.3, 0.4) is 0 Å². The summed E-state index contributed by atoms with van der Waals surface area (Å²) in [5, 5.41) is 2.35. The molecule has 2 atom stereocenters. The van der Waals surface area contributed by atoms with Crippen LogP contribution in [0.2, 0.25) is 0 Å². The van der Waals surface area contributed by atoms with E-state index in [1.165, 1.54) is 11.1 Å². The van der Waals surface area contributed by atoms with Crippen LogP contribution < -0.4 is 11.1 Å². The molecule has 3 rings (SSSR count). The molecule has 1 aromatic rings. The molecule has 0 radical (unpaired) electrons. The van der Waals surface area contributed by atoms with Crippen LogP contribution in [0.25, 0.3) is 0 Å². The molecule has 0 bridgehead atoms. The number of carbonyl (C=O) groups excluding carboxylic acids is 1. The SMILES string of the molecule is Cl.NCC(F)(F)CNC(=O)C1CC12CCc1ccccc12. The highest BCUT2D eigenvalue weighted by Gasteiger charge is 2.61. The Balaban J connectivity index is 0.00000161. The molecule has 0 heterocycles. The van der Waals surface area contributed by atoms with Gasteiger partial charge in [-0.1, -0.05) is 24.3 Å². The molecule has 1 spiro atoms. The predicted octanol–water partition coefficient (Wildman–Crippen LogP) is 2.02. The van der Waals surface area contributed by atoms with Crippen LogP contribution in [-0.2, 0) is 16.6 Å². The first-order chi connectivity index (χ1) is 9.48. The molecule has 0 aliphatic heterocycles. The molecule has 0 aromatic heterocycles. The molecular formula is C15H19ClF2N2O. The highest BCUT2D eigenvalue weighted by molar-refractivity contribution is 5.85. The van der Waals surface area contributed by atoms with Gasteiger partial charge in [0.25, 0.3) is 5.92 Å². The van der Waals surface area contributed by atoms with Crippen LogP contribution in [0.15, 0.2) is 24.3 Å². The van der Waals surface area contributed by atoms with Crippen molar-refractivity contribution in [1.82, 2.24) is 5.32 Å². The van der Waals surface area contributed by atoms with Gasteiger partial charge in [-0.05, 0) is 30.4 Å². The summed E-state index contributed by atoms with van der Waals surface area (Å²) in [5.74, 6) is -3.46. The van der Waals surface area contributed by atoms with E-state index in [0.29, 0.717) is 0 Å². The van der Waals surface area contributed by atoms with Gasteiger partial charge in [-0.3, -0.25) is 4.79 Å². The molecular weight excluding hydrogens is 298 g/mol. The maximum Gasteiger partial charge on any atom is 0.277 e. The van der Waals surface area contributed by atoms with E-state index in [-0.39, 0.29) is 29.6 Å². The molecule has 6 heteroatoms. The standard InChI is InChI=1S/C15H18F2N2O.ClH/c16-15(17,8-18)9-19-13(20)12-7-14(12)6-5-10-3-1-2-4-11(10)14;/h1-4,12H,5-9,18H2,(H,19,20);1H.